The number of hydrogen-bond donors (Lipinski definition) is 0. The molecule has 1 fully saturated rings. The van der Waals surface area contributed by atoms with Crippen LogP contribution in [0.2, 0.25) is 0 Å². The van der Waals surface area contributed by atoms with Crippen LogP contribution in [0.3, 0.4) is 0 Å². The van der Waals surface area contributed by atoms with Crippen molar-refractivity contribution in [2.24, 2.45) is 0 Å². The molecule has 0 aromatic heterocycles. The van der Waals surface area contributed by atoms with Gasteiger partial charge in [-0.3, -0.25) is 9.10 Å². The maximum Gasteiger partial charge on any atom is 0.253 e. The highest BCUT2D eigenvalue weighted by Crippen LogP contribution is 2.28. The van der Waals surface area contributed by atoms with E-state index < -0.39 is 10.0 Å². The van der Waals surface area contributed by atoms with Crippen molar-refractivity contribution >= 4 is 27.3 Å². The van der Waals surface area contributed by atoms with Crippen LogP contribution in [-0.4, -0.2) is 58.8 Å². The third-order valence-corrected chi connectivity index (χ3v) is 7.10. The fourth-order valence-electron chi connectivity index (χ4n) is 4.14. The molecule has 0 unspecified atom stereocenters. The van der Waals surface area contributed by atoms with E-state index in [2.05, 4.69) is 4.90 Å². The lowest BCUT2D eigenvalue weighted by Gasteiger charge is -2.36. The number of rotatable bonds is 7. The standard InChI is InChI=1S/C26H29N3O4S/c1-33-25-11-7-6-10-24(25)27-16-18-28(19-17-27)26(30)22-14-12-21(13-15-22)20-29(34(2,31)32)23-8-4-3-5-9-23/h3-15H,16-20H2,1-2H3. The van der Waals surface area contributed by atoms with E-state index in [-0.39, 0.29) is 12.5 Å². The Bertz CT molecular complexity index is 1220. The molecule has 0 spiro atoms. The van der Waals surface area contributed by atoms with E-state index in [1.807, 2.05) is 59.5 Å². The van der Waals surface area contributed by atoms with Crippen molar-refractivity contribution in [1.82, 2.24) is 4.90 Å². The van der Waals surface area contributed by atoms with Gasteiger partial charge in [0.1, 0.15) is 5.75 Å². The van der Waals surface area contributed by atoms with Gasteiger partial charge >= 0.3 is 0 Å². The van der Waals surface area contributed by atoms with Crippen LogP contribution in [0.4, 0.5) is 11.4 Å². The zero-order valence-electron chi connectivity index (χ0n) is 19.4. The molecule has 0 aliphatic carbocycles. The van der Waals surface area contributed by atoms with Gasteiger partial charge in [0, 0.05) is 31.7 Å². The molecule has 0 saturated carbocycles. The Balaban J connectivity index is 1.41. The third-order valence-electron chi connectivity index (χ3n) is 5.96. The van der Waals surface area contributed by atoms with Crippen LogP contribution < -0.4 is 13.9 Å². The van der Waals surface area contributed by atoms with E-state index in [0.29, 0.717) is 24.3 Å². The van der Waals surface area contributed by atoms with Crippen molar-refractivity contribution in [3.8, 4) is 5.75 Å². The Morgan fingerprint density at radius 1 is 0.882 bits per heavy atom. The minimum atomic E-state index is -3.45. The maximum absolute atomic E-state index is 13.1. The second kappa shape index (κ2) is 10.2. The van der Waals surface area contributed by atoms with Crippen LogP contribution in [0.15, 0.2) is 78.9 Å². The molecule has 0 radical (unpaired) electrons. The molecule has 4 rings (SSSR count). The van der Waals surface area contributed by atoms with Crippen molar-refractivity contribution in [1.29, 1.82) is 0 Å². The smallest absolute Gasteiger partial charge is 0.253 e. The molecule has 0 N–H and O–H groups in total. The summed E-state index contributed by atoms with van der Waals surface area (Å²) in [6.45, 7) is 2.90. The minimum Gasteiger partial charge on any atom is -0.495 e. The van der Waals surface area contributed by atoms with E-state index in [1.165, 1.54) is 10.6 Å². The number of carbonyl (C=O) groups excluding carboxylic acids is 1. The van der Waals surface area contributed by atoms with E-state index >= 15 is 0 Å². The molecular formula is C26H29N3O4S. The molecule has 3 aromatic rings. The molecule has 1 aliphatic heterocycles. The Hall–Kier alpha value is -3.52. The monoisotopic (exact) mass is 479 g/mol. The van der Waals surface area contributed by atoms with Crippen LogP contribution >= 0.6 is 0 Å². The number of piperazine rings is 1. The van der Waals surface area contributed by atoms with Crippen LogP contribution in [0.5, 0.6) is 5.75 Å². The van der Waals surface area contributed by atoms with Gasteiger partial charge < -0.3 is 14.5 Å². The van der Waals surface area contributed by atoms with E-state index in [0.717, 1.165) is 30.1 Å². The van der Waals surface area contributed by atoms with Gasteiger partial charge in [-0.25, -0.2) is 8.42 Å². The highest BCUT2D eigenvalue weighted by molar-refractivity contribution is 7.92. The van der Waals surface area contributed by atoms with Gasteiger partial charge in [-0.1, -0.05) is 42.5 Å². The van der Waals surface area contributed by atoms with Crippen molar-refractivity contribution in [2.45, 2.75) is 6.54 Å². The fourth-order valence-corrected chi connectivity index (χ4v) is 5.03. The summed E-state index contributed by atoms with van der Waals surface area (Å²) in [6.07, 6.45) is 1.20. The number of nitrogens with zero attached hydrogens (tertiary/aromatic N) is 3. The number of carbonyl (C=O) groups is 1. The Labute approximate surface area is 201 Å². The molecular weight excluding hydrogens is 450 g/mol. The Morgan fingerprint density at radius 3 is 2.12 bits per heavy atom. The summed E-state index contributed by atoms with van der Waals surface area (Å²) in [5, 5.41) is 0. The van der Waals surface area contributed by atoms with Crippen molar-refractivity contribution in [2.75, 3.05) is 48.7 Å². The molecule has 178 valence electrons. The van der Waals surface area contributed by atoms with E-state index in [4.69, 9.17) is 4.74 Å². The lowest BCUT2D eigenvalue weighted by atomic mass is 10.1. The van der Waals surface area contributed by atoms with Gasteiger partial charge in [0.15, 0.2) is 0 Å². The largest absolute Gasteiger partial charge is 0.495 e. The fraction of sp³-hybridized carbons (Fsp3) is 0.269. The first kappa shape index (κ1) is 23.6. The number of methoxy groups -OCH3 is 1. The summed E-state index contributed by atoms with van der Waals surface area (Å²) in [6, 6.07) is 24.1. The number of benzene rings is 3. The van der Waals surface area contributed by atoms with Crippen molar-refractivity contribution in [3.63, 3.8) is 0 Å². The number of anilines is 2. The maximum atomic E-state index is 13.1. The molecule has 1 aliphatic rings. The summed E-state index contributed by atoms with van der Waals surface area (Å²) in [5.74, 6) is 0.811. The van der Waals surface area contributed by atoms with Gasteiger partial charge in [0.2, 0.25) is 10.0 Å². The summed E-state index contributed by atoms with van der Waals surface area (Å²) in [4.78, 5) is 17.1. The van der Waals surface area contributed by atoms with Crippen LogP contribution in [-0.2, 0) is 16.6 Å². The highest BCUT2D eigenvalue weighted by atomic mass is 32.2. The molecule has 0 bridgehead atoms. The first-order valence-corrected chi connectivity index (χ1v) is 13.0. The molecule has 1 heterocycles. The highest BCUT2D eigenvalue weighted by Gasteiger charge is 2.24. The molecule has 8 heteroatoms. The third kappa shape index (κ3) is 5.34. The van der Waals surface area contributed by atoms with Crippen molar-refractivity contribution < 1.29 is 17.9 Å². The average Bonchev–Trinajstić information content (AvgIpc) is 2.87. The van der Waals surface area contributed by atoms with Gasteiger partial charge in [0.25, 0.3) is 5.91 Å². The first-order chi connectivity index (χ1) is 16.4. The predicted molar refractivity (Wildman–Crippen MR) is 135 cm³/mol. The second-order valence-corrected chi connectivity index (χ2v) is 10.2. The zero-order chi connectivity index (χ0) is 24.1. The van der Waals surface area contributed by atoms with Gasteiger partial charge in [-0.05, 0) is 42.0 Å². The molecule has 34 heavy (non-hydrogen) atoms. The number of para-hydroxylation sites is 3. The zero-order valence-corrected chi connectivity index (χ0v) is 20.2. The van der Waals surface area contributed by atoms with Gasteiger partial charge in [-0.2, -0.15) is 0 Å². The van der Waals surface area contributed by atoms with Crippen LogP contribution in [0.25, 0.3) is 0 Å². The molecule has 1 saturated heterocycles. The first-order valence-electron chi connectivity index (χ1n) is 11.2. The quantitative estimate of drug-likeness (QED) is 0.518. The second-order valence-electron chi connectivity index (χ2n) is 8.25. The van der Waals surface area contributed by atoms with Crippen LogP contribution in [0.1, 0.15) is 15.9 Å². The molecule has 0 atom stereocenters. The topological polar surface area (TPSA) is 70.2 Å². The predicted octanol–water partition coefficient (Wildman–Crippen LogP) is 3.62. The number of ether oxygens (including phenoxy) is 1. The van der Waals surface area contributed by atoms with Gasteiger partial charge in [-0.15, -0.1) is 0 Å². The summed E-state index contributed by atoms with van der Waals surface area (Å²) in [5.41, 5.74) is 3.06. The summed E-state index contributed by atoms with van der Waals surface area (Å²) < 4.78 is 31.5. The van der Waals surface area contributed by atoms with E-state index in [9.17, 15) is 13.2 Å². The van der Waals surface area contributed by atoms with Crippen LogP contribution in [0, 0.1) is 0 Å². The molecule has 7 nitrogen and oxygen atoms in total. The average molecular weight is 480 g/mol. The molecule has 1 amide bonds. The summed E-state index contributed by atoms with van der Waals surface area (Å²) in [7, 11) is -1.78. The number of hydrogen-bond acceptors (Lipinski definition) is 5. The number of sulfonamides is 1. The SMILES string of the molecule is COc1ccccc1N1CCN(C(=O)c2ccc(CN(c3ccccc3)S(C)(=O)=O)cc2)CC1. The Morgan fingerprint density at radius 2 is 1.50 bits per heavy atom. The molecule has 3 aromatic carbocycles. The summed E-state index contributed by atoms with van der Waals surface area (Å²) >= 11 is 0. The van der Waals surface area contributed by atoms with E-state index in [1.54, 1.807) is 31.4 Å². The minimum absolute atomic E-state index is 0.0192. The Kier molecular flexibility index (Phi) is 7.07. The van der Waals surface area contributed by atoms with Gasteiger partial charge in [0.05, 0.1) is 31.3 Å². The lowest BCUT2D eigenvalue weighted by molar-refractivity contribution is 0.0746. The lowest BCUT2D eigenvalue weighted by Crippen LogP contribution is -2.48. The normalized spacial score (nSPS) is 14.1. The number of amides is 1. The van der Waals surface area contributed by atoms with Crippen molar-refractivity contribution in [3.05, 3.63) is 90.0 Å².